The summed E-state index contributed by atoms with van der Waals surface area (Å²) in [5.41, 5.74) is 6.51. The molecule has 6 heteroatoms. The summed E-state index contributed by atoms with van der Waals surface area (Å²) in [6.45, 7) is 2.91. The Morgan fingerprint density at radius 3 is 2.58 bits per heavy atom. The highest BCUT2D eigenvalue weighted by Crippen LogP contribution is 2.20. The first kappa shape index (κ1) is 14.4. The summed E-state index contributed by atoms with van der Waals surface area (Å²) in [5.74, 6) is -0.124. The van der Waals surface area contributed by atoms with Crippen LogP contribution < -0.4 is 5.73 Å². The number of hydrogen-bond acceptors (Lipinski definition) is 3. The van der Waals surface area contributed by atoms with Gasteiger partial charge in [0.1, 0.15) is 5.82 Å². The third-order valence-corrected chi connectivity index (χ3v) is 5.45. The summed E-state index contributed by atoms with van der Waals surface area (Å²) in [6.07, 6.45) is 0.782. The lowest BCUT2D eigenvalue weighted by molar-refractivity contribution is 0.252. The number of sulfonamides is 1. The first-order valence-corrected chi connectivity index (χ1v) is 7.97. The van der Waals surface area contributed by atoms with E-state index in [1.54, 1.807) is 0 Å². The van der Waals surface area contributed by atoms with Crippen LogP contribution in [0.4, 0.5) is 4.39 Å². The van der Waals surface area contributed by atoms with Crippen molar-refractivity contribution in [2.75, 3.05) is 13.1 Å². The molecule has 0 aliphatic carbocycles. The van der Waals surface area contributed by atoms with Gasteiger partial charge < -0.3 is 5.73 Å². The molecule has 2 atom stereocenters. The Balaban J connectivity index is 2.08. The Morgan fingerprint density at radius 1 is 1.37 bits per heavy atom. The van der Waals surface area contributed by atoms with Crippen LogP contribution in [0.5, 0.6) is 0 Å². The number of piperidine rings is 1. The van der Waals surface area contributed by atoms with Gasteiger partial charge in [0.15, 0.2) is 0 Å². The Morgan fingerprint density at radius 2 is 2.00 bits per heavy atom. The van der Waals surface area contributed by atoms with Crippen LogP contribution in [0.3, 0.4) is 0 Å². The topological polar surface area (TPSA) is 63.4 Å². The molecule has 0 spiro atoms. The number of hydrogen-bond donors (Lipinski definition) is 1. The normalized spacial score (nSPS) is 25.4. The second-order valence-electron chi connectivity index (χ2n) is 5.17. The second kappa shape index (κ2) is 5.56. The van der Waals surface area contributed by atoms with Gasteiger partial charge in [0, 0.05) is 19.1 Å². The first-order chi connectivity index (χ1) is 8.88. The van der Waals surface area contributed by atoms with E-state index in [1.807, 2.05) is 6.92 Å². The van der Waals surface area contributed by atoms with Crippen LogP contribution in [-0.2, 0) is 15.8 Å². The fourth-order valence-electron chi connectivity index (χ4n) is 2.20. The van der Waals surface area contributed by atoms with Crippen molar-refractivity contribution in [3.63, 3.8) is 0 Å². The summed E-state index contributed by atoms with van der Waals surface area (Å²) >= 11 is 0. The van der Waals surface area contributed by atoms with Gasteiger partial charge >= 0.3 is 0 Å². The predicted octanol–water partition coefficient (Wildman–Crippen LogP) is 1.32. The largest absolute Gasteiger partial charge is 0.326 e. The van der Waals surface area contributed by atoms with Gasteiger partial charge in [-0.2, -0.15) is 0 Å². The van der Waals surface area contributed by atoms with E-state index in [2.05, 4.69) is 0 Å². The van der Waals surface area contributed by atoms with Crippen molar-refractivity contribution in [1.82, 2.24) is 4.31 Å². The number of halogens is 1. The van der Waals surface area contributed by atoms with Gasteiger partial charge in [-0.1, -0.05) is 19.1 Å². The third kappa shape index (κ3) is 3.52. The minimum Gasteiger partial charge on any atom is -0.326 e. The third-order valence-electron chi connectivity index (χ3n) is 3.63. The van der Waals surface area contributed by atoms with E-state index < -0.39 is 10.0 Å². The average molecular weight is 286 g/mol. The molecule has 1 aromatic rings. The van der Waals surface area contributed by atoms with Gasteiger partial charge in [-0.3, -0.25) is 0 Å². The Hall–Kier alpha value is -0.980. The fraction of sp³-hybridized carbons (Fsp3) is 0.538. The van der Waals surface area contributed by atoms with Gasteiger partial charge in [-0.25, -0.2) is 17.1 Å². The van der Waals surface area contributed by atoms with Crippen LogP contribution in [-0.4, -0.2) is 31.9 Å². The van der Waals surface area contributed by atoms with Crippen molar-refractivity contribution in [1.29, 1.82) is 0 Å². The zero-order chi connectivity index (χ0) is 14.0. The number of rotatable bonds is 3. The number of benzene rings is 1. The minimum absolute atomic E-state index is 0.103. The van der Waals surface area contributed by atoms with E-state index >= 15 is 0 Å². The van der Waals surface area contributed by atoms with Crippen molar-refractivity contribution >= 4 is 10.0 Å². The molecule has 1 saturated heterocycles. The molecule has 1 fully saturated rings. The van der Waals surface area contributed by atoms with Crippen molar-refractivity contribution < 1.29 is 12.8 Å². The SMILES string of the molecule is CC1CCN(S(=O)(=O)Cc2ccc(F)cc2)CC1N. The molecule has 1 aliphatic rings. The van der Waals surface area contributed by atoms with Crippen LogP contribution >= 0.6 is 0 Å². The van der Waals surface area contributed by atoms with Crippen molar-refractivity contribution in [2.45, 2.75) is 25.1 Å². The summed E-state index contributed by atoms with van der Waals surface area (Å²) in [5, 5.41) is 0. The quantitative estimate of drug-likeness (QED) is 0.911. The first-order valence-electron chi connectivity index (χ1n) is 6.36. The Labute approximate surface area is 113 Å². The van der Waals surface area contributed by atoms with E-state index in [-0.39, 0.29) is 17.6 Å². The summed E-state index contributed by atoms with van der Waals surface area (Å²) in [7, 11) is -3.37. The summed E-state index contributed by atoms with van der Waals surface area (Å²) < 4.78 is 38.8. The zero-order valence-electron chi connectivity index (χ0n) is 10.9. The maximum atomic E-state index is 12.8. The number of nitrogens with two attached hydrogens (primary N) is 1. The molecule has 2 rings (SSSR count). The second-order valence-corrected chi connectivity index (χ2v) is 7.14. The molecule has 0 aromatic heterocycles. The lowest BCUT2D eigenvalue weighted by Crippen LogP contribution is -2.49. The molecule has 0 bridgehead atoms. The molecule has 0 radical (unpaired) electrons. The van der Waals surface area contributed by atoms with Gasteiger partial charge in [0.2, 0.25) is 10.0 Å². The van der Waals surface area contributed by atoms with Crippen molar-refractivity contribution in [3.8, 4) is 0 Å². The molecule has 1 aliphatic heterocycles. The number of nitrogens with zero attached hydrogens (tertiary/aromatic N) is 1. The minimum atomic E-state index is -3.37. The predicted molar refractivity (Wildman–Crippen MR) is 72.4 cm³/mol. The lowest BCUT2D eigenvalue weighted by atomic mass is 9.96. The van der Waals surface area contributed by atoms with E-state index in [4.69, 9.17) is 5.73 Å². The smallest absolute Gasteiger partial charge is 0.218 e. The van der Waals surface area contributed by atoms with Crippen LogP contribution in [0.2, 0.25) is 0 Å². The highest BCUT2D eigenvalue weighted by atomic mass is 32.2. The molecular weight excluding hydrogens is 267 g/mol. The molecule has 4 nitrogen and oxygen atoms in total. The molecular formula is C13H19FN2O2S. The molecule has 1 heterocycles. The molecule has 1 aromatic carbocycles. The summed E-state index contributed by atoms with van der Waals surface area (Å²) in [6, 6.07) is 5.43. The Kier molecular flexibility index (Phi) is 4.23. The van der Waals surface area contributed by atoms with Gasteiger partial charge in [-0.15, -0.1) is 0 Å². The maximum absolute atomic E-state index is 12.8. The highest BCUT2D eigenvalue weighted by Gasteiger charge is 2.30. The van der Waals surface area contributed by atoms with Crippen molar-refractivity contribution in [2.24, 2.45) is 11.7 Å². The summed E-state index contributed by atoms with van der Waals surface area (Å²) in [4.78, 5) is 0. The van der Waals surface area contributed by atoms with Crippen LogP contribution in [0.1, 0.15) is 18.9 Å². The zero-order valence-corrected chi connectivity index (χ0v) is 11.7. The van der Waals surface area contributed by atoms with Gasteiger partial charge in [-0.05, 0) is 30.0 Å². The van der Waals surface area contributed by atoms with Gasteiger partial charge in [0.05, 0.1) is 5.75 Å². The van der Waals surface area contributed by atoms with Crippen LogP contribution in [0, 0.1) is 11.7 Å². The Bertz CT molecular complexity index is 530. The molecule has 0 saturated carbocycles. The lowest BCUT2D eigenvalue weighted by Gasteiger charge is -2.34. The van der Waals surface area contributed by atoms with E-state index in [0.717, 1.165) is 6.42 Å². The maximum Gasteiger partial charge on any atom is 0.218 e. The van der Waals surface area contributed by atoms with E-state index in [0.29, 0.717) is 24.6 Å². The standard InChI is InChI=1S/C13H19FN2O2S/c1-10-6-7-16(8-13(10)15)19(17,18)9-11-2-4-12(14)5-3-11/h2-5,10,13H,6-9,15H2,1H3. The highest BCUT2D eigenvalue weighted by molar-refractivity contribution is 7.88. The van der Waals surface area contributed by atoms with Crippen LogP contribution in [0.15, 0.2) is 24.3 Å². The monoisotopic (exact) mass is 286 g/mol. The molecule has 0 amide bonds. The van der Waals surface area contributed by atoms with Crippen LogP contribution in [0.25, 0.3) is 0 Å². The molecule has 2 N–H and O–H groups in total. The average Bonchev–Trinajstić information content (AvgIpc) is 2.35. The van der Waals surface area contributed by atoms with Gasteiger partial charge in [0.25, 0.3) is 0 Å². The van der Waals surface area contributed by atoms with E-state index in [9.17, 15) is 12.8 Å². The van der Waals surface area contributed by atoms with E-state index in [1.165, 1.54) is 28.6 Å². The molecule has 19 heavy (non-hydrogen) atoms. The van der Waals surface area contributed by atoms with Crippen molar-refractivity contribution in [3.05, 3.63) is 35.6 Å². The molecule has 106 valence electrons. The molecule has 2 unspecified atom stereocenters. The fourth-order valence-corrected chi connectivity index (χ4v) is 3.78.